The normalized spacial score (nSPS) is 13.7. The van der Waals surface area contributed by atoms with Gasteiger partial charge in [-0.3, -0.25) is 14.9 Å². The van der Waals surface area contributed by atoms with E-state index in [9.17, 15) is 18.0 Å². The number of carbonyl (C=O) groups is 2. The number of carbonyl (C=O) groups excluding carboxylic acids is 2. The average Bonchev–Trinajstić information content (AvgIpc) is 3.37. The number of rotatable bonds is 6. The monoisotopic (exact) mass is 472 g/mol. The SMILES string of the molecule is Cc1ccc(S(=O)(=O)n2cc(C3=CC(=O)NC3=O)c3cc(OCc4ccccc4)ccc32)cc1. The topological polar surface area (TPSA) is 94.5 Å². The van der Waals surface area contributed by atoms with Gasteiger partial charge in [0.15, 0.2) is 0 Å². The van der Waals surface area contributed by atoms with Gasteiger partial charge in [0.05, 0.1) is 16.0 Å². The number of fused-ring (bicyclic) bond motifs is 1. The molecule has 8 heteroatoms. The molecule has 1 aliphatic rings. The maximum Gasteiger partial charge on any atom is 0.268 e. The Bertz CT molecular complexity index is 1570. The molecule has 4 aromatic rings. The molecule has 2 amide bonds. The van der Waals surface area contributed by atoms with Crippen LogP contribution in [0, 0.1) is 6.92 Å². The Morgan fingerprint density at radius 3 is 2.35 bits per heavy atom. The molecule has 0 saturated carbocycles. The fraction of sp³-hybridized carbons (Fsp3) is 0.0769. The molecule has 7 nitrogen and oxygen atoms in total. The van der Waals surface area contributed by atoms with Crippen molar-refractivity contribution in [2.24, 2.45) is 0 Å². The van der Waals surface area contributed by atoms with Crippen LogP contribution in [0.25, 0.3) is 16.5 Å². The Labute approximate surface area is 196 Å². The first kappa shape index (κ1) is 21.7. The first-order valence-corrected chi connectivity index (χ1v) is 12.0. The molecule has 34 heavy (non-hydrogen) atoms. The van der Waals surface area contributed by atoms with Crippen LogP contribution in [0.1, 0.15) is 16.7 Å². The van der Waals surface area contributed by atoms with Crippen molar-refractivity contribution >= 4 is 38.3 Å². The highest BCUT2D eigenvalue weighted by molar-refractivity contribution is 7.90. The van der Waals surface area contributed by atoms with Gasteiger partial charge >= 0.3 is 0 Å². The van der Waals surface area contributed by atoms with Gasteiger partial charge in [-0.15, -0.1) is 0 Å². The highest BCUT2D eigenvalue weighted by Gasteiger charge is 2.28. The number of ether oxygens (including phenoxy) is 1. The number of nitrogens with one attached hydrogen (secondary N) is 1. The van der Waals surface area contributed by atoms with Crippen molar-refractivity contribution < 1.29 is 22.7 Å². The molecule has 1 N–H and O–H groups in total. The first-order chi connectivity index (χ1) is 16.3. The van der Waals surface area contributed by atoms with Gasteiger partial charge in [0.1, 0.15) is 12.4 Å². The Morgan fingerprint density at radius 2 is 1.68 bits per heavy atom. The van der Waals surface area contributed by atoms with Crippen molar-refractivity contribution in [3.63, 3.8) is 0 Å². The van der Waals surface area contributed by atoms with Crippen LogP contribution in [0.5, 0.6) is 5.75 Å². The van der Waals surface area contributed by atoms with Crippen molar-refractivity contribution in [1.29, 1.82) is 0 Å². The molecule has 3 aromatic carbocycles. The number of hydrogen-bond donors (Lipinski definition) is 1. The molecule has 1 aliphatic heterocycles. The summed E-state index contributed by atoms with van der Waals surface area (Å²) >= 11 is 0. The summed E-state index contributed by atoms with van der Waals surface area (Å²) in [6.07, 6.45) is 2.56. The van der Waals surface area contributed by atoms with Crippen molar-refractivity contribution in [2.45, 2.75) is 18.4 Å². The largest absolute Gasteiger partial charge is 0.489 e. The van der Waals surface area contributed by atoms with Gasteiger partial charge in [0, 0.05) is 23.2 Å². The minimum atomic E-state index is -3.96. The highest BCUT2D eigenvalue weighted by Crippen LogP contribution is 2.34. The fourth-order valence-corrected chi connectivity index (χ4v) is 5.23. The predicted molar refractivity (Wildman–Crippen MR) is 128 cm³/mol. The number of aryl methyl sites for hydroxylation is 1. The number of amides is 2. The standard InChI is InChI=1S/C26H20N2O5S/c1-17-7-10-20(11-8-17)34(31,32)28-15-23(22-14-25(29)27-26(22)30)21-13-19(9-12-24(21)28)33-16-18-5-3-2-4-6-18/h2-15H,16H2,1H3,(H,27,29,30). The second kappa shape index (κ2) is 8.31. The summed E-state index contributed by atoms with van der Waals surface area (Å²) in [5.74, 6) is -0.611. The molecule has 0 spiro atoms. The number of hydrogen-bond acceptors (Lipinski definition) is 5. The molecular formula is C26H20N2O5S. The van der Waals surface area contributed by atoms with Crippen LogP contribution in [-0.2, 0) is 26.2 Å². The Hall–Kier alpha value is -4.17. The third-order valence-corrected chi connectivity index (χ3v) is 7.30. The summed E-state index contributed by atoms with van der Waals surface area (Å²) < 4.78 is 34.0. The van der Waals surface area contributed by atoms with Crippen LogP contribution < -0.4 is 10.1 Å². The molecule has 0 unspecified atom stereocenters. The third kappa shape index (κ3) is 3.88. The van der Waals surface area contributed by atoms with Gasteiger partial charge in [-0.2, -0.15) is 0 Å². The molecule has 170 valence electrons. The van der Waals surface area contributed by atoms with E-state index in [0.29, 0.717) is 28.8 Å². The lowest BCUT2D eigenvalue weighted by molar-refractivity contribution is -0.123. The van der Waals surface area contributed by atoms with Crippen LogP contribution in [0.3, 0.4) is 0 Å². The van der Waals surface area contributed by atoms with E-state index in [4.69, 9.17) is 4.74 Å². The number of nitrogens with zero attached hydrogens (tertiary/aromatic N) is 1. The van der Waals surface area contributed by atoms with Crippen molar-refractivity contribution in [1.82, 2.24) is 9.29 Å². The lowest BCUT2D eigenvalue weighted by Crippen LogP contribution is -2.21. The van der Waals surface area contributed by atoms with Gasteiger partial charge in [0.25, 0.3) is 21.8 Å². The van der Waals surface area contributed by atoms with E-state index in [1.165, 1.54) is 12.3 Å². The van der Waals surface area contributed by atoms with E-state index in [1.54, 1.807) is 42.5 Å². The van der Waals surface area contributed by atoms with E-state index in [0.717, 1.165) is 15.1 Å². The quantitative estimate of drug-likeness (QED) is 0.431. The Kier molecular flexibility index (Phi) is 5.30. The van der Waals surface area contributed by atoms with Gasteiger partial charge in [0.2, 0.25) is 0 Å². The molecule has 0 saturated heterocycles. The summed E-state index contributed by atoms with van der Waals surface area (Å²) in [4.78, 5) is 24.3. The summed E-state index contributed by atoms with van der Waals surface area (Å²) in [6, 6.07) is 21.2. The van der Waals surface area contributed by atoms with Gasteiger partial charge in [-0.05, 0) is 42.8 Å². The molecular weight excluding hydrogens is 452 g/mol. The molecule has 0 aliphatic carbocycles. The zero-order valence-electron chi connectivity index (χ0n) is 18.2. The molecule has 0 radical (unpaired) electrons. The summed E-state index contributed by atoms with van der Waals surface area (Å²) in [5, 5.41) is 2.70. The zero-order valence-corrected chi connectivity index (χ0v) is 19.0. The summed E-state index contributed by atoms with van der Waals surface area (Å²) in [7, 11) is -3.96. The Balaban J connectivity index is 1.63. The average molecular weight is 473 g/mol. The first-order valence-electron chi connectivity index (χ1n) is 10.5. The summed E-state index contributed by atoms with van der Waals surface area (Å²) in [6.45, 7) is 2.20. The molecule has 0 fully saturated rings. The lowest BCUT2D eigenvalue weighted by Gasteiger charge is -2.09. The van der Waals surface area contributed by atoms with Crippen LogP contribution in [0.2, 0.25) is 0 Å². The maximum atomic E-state index is 13.5. The van der Waals surface area contributed by atoms with E-state index < -0.39 is 21.8 Å². The van der Waals surface area contributed by atoms with E-state index in [-0.39, 0.29) is 10.5 Å². The number of benzene rings is 3. The van der Waals surface area contributed by atoms with E-state index in [1.807, 2.05) is 37.3 Å². The van der Waals surface area contributed by atoms with Crippen molar-refractivity contribution in [2.75, 3.05) is 0 Å². The smallest absolute Gasteiger partial charge is 0.268 e. The number of imide groups is 1. The van der Waals surface area contributed by atoms with Crippen LogP contribution in [0.4, 0.5) is 0 Å². The molecule has 2 heterocycles. The van der Waals surface area contributed by atoms with Crippen molar-refractivity contribution in [3.05, 3.63) is 102 Å². The van der Waals surface area contributed by atoms with E-state index >= 15 is 0 Å². The predicted octanol–water partition coefficient (Wildman–Crippen LogP) is 3.81. The second-order valence-electron chi connectivity index (χ2n) is 7.99. The second-order valence-corrected chi connectivity index (χ2v) is 9.80. The van der Waals surface area contributed by atoms with Crippen molar-refractivity contribution in [3.8, 4) is 5.75 Å². The van der Waals surface area contributed by atoms with Gasteiger partial charge in [-0.1, -0.05) is 48.0 Å². The van der Waals surface area contributed by atoms with Crippen LogP contribution in [0.15, 0.2) is 90.0 Å². The molecule has 1 aromatic heterocycles. The highest BCUT2D eigenvalue weighted by atomic mass is 32.2. The van der Waals surface area contributed by atoms with Crippen LogP contribution in [-0.4, -0.2) is 24.2 Å². The van der Waals surface area contributed by atoms with Crippen LogP contribution >= 0.6 is 0 Å². The summed E-state index contributed by atoms with van der Waals surface area (Å²) in [5.41, 5.74) is 2.72. The minimum absolute atomic E-state index is 0.105. The zero-order chi connectivity index (χ0) is 23.9. The minimum Gasteiger partial charge on any atom is -0.489 e. The van der Waals surface area contributed by atoms with Gasteiger partial charge < -0.3 is 4.74 Å². The molecule has 0 atom stereocenters. The van der Waals surface area contributed by atoms with Gasteiger partial charge in [-0.25, -0.2) is 12.4 Å². The maximum absolute atomic E-state index is 13.5. The van der Waals surface area contributed by atoms with E-state index in [2.05, 4.69) is 5.32 Å². The molecule has 0 bridgehead atoms. The third-order valence-electron chi connectivity index (χ3n) is 5.62. The Morgan fingerprint density at radius 1 is 0.941 bits per heavy atom. The number of aromatic nitrogens is 1. The lowest BCUT2D eigenvalue weighted by atomic mass is 10.1. The fourth-order valence-electron chi connectivity index (χ4n) is 3.86. The molecule has 5 rings (SSSR count).